The fourth-order valence-electron chi connectivity index (χ4n) is 2.63. The molecule has 1 aliphatic carbocycles. The number of halogens is 2. The van der Waals surface area contributed by atoms with E-state index in [2.05, 4.69) is 15.4 Å². The number of carbonyl (C=O) groups excluding carboxylic acids is 2. The van der Waals surface area contributed by atoms with Crippen LogP contribution < -0.4 is 15.4 Å². The van der Waals surface area contributed by atoms with Gasteiger partial charge in [0.05, 0.1) is 6.04 Å². The van der Waals surface area contributed by atoms with Crippen molar-refractivity contribution in [2.75, 3.05) is 5.32 Å². The Morgan fingerprint density at radius 1 is 1.11 bits per heavy atom. The molecule has 0 saturated heterocycles. The summed E-state index contributed by atoms with van der Waals surface area (Å²) in [5.41, 5.74) is 1.76. The molecule has 27 heavy (non-hydrogen) atoms. The van der Waals surface area contributed by atoms with Gasteiger partial charge in [-0.25, -0.2) is 0 Å². The maximum absolute atomic E-state index is 12.5. The molecule has 5 nitrogen and oxygen atoms in total. The summed E-state index contributed by atoms with van der Waals surface area (Å²) in [6.07, 6.45) is 1.81. The van der Waals surface area contributed by atoms with Crippen LogP contribution in [-0.2, 0) is 4.79 Å². The first kappa shape index (κ1) is 18.8. The lowest BCUT2D eigenvalue weighted by atomic mass is 10.1. The molecule has 1 aliphatic rings. The molecule has 1 fully saturated rings. The van der Waals surface area contributed by atoms with Crippen molar-refractivity contribution in [2.24, 2.45) is 5.92 Å². The van der Waals surface area contributed by atoms with E-state index in [1.54, 1.807) is 43.3 Å². The Balaban J connectivity index is 1.61. The normalized spacial score (nSPS) is 14.5. The first-order valence-electron chi connectivity index (χ1n) is 8.69. The minimum Gasteiger partial charge on any atom is -0.435 e. The average Bonchev–Trinajstić information content (AvgIpc) is 3.47. The molecule has 2 aromatic carbocycles. The minimum atomic E-state index is -2.87. The summed E-state index contributed by atoms with van der Waals surface area (Å²) in [5.74, 6) is -0.170. The molecular weight excluding hydrogens is 354 g/mol. The summed E-state index contributed by atoms with van der Waals surface area (Å²) < 4.78 is 28.7. The summed E-state index contributed by atoms with van der Waals surface area (Å²) in [6, 6.07) is 12.5. The third-order valence-corrected chi connectivity index (χ3v) is 4.29. The molecule has 1 unspecified atom stereocenters. The molecule has 1 atom stereocenters. The van der Waals surface area contributed by atoms with E-state index in [1.165, 1.54) is 12.1 Å². The number of rotatable bonds is 7. The molecular formula is C20H20F2N2O3. The number of nitrogens with one attached hydrogen (secondary N) is 2. The van der Waals surface area contributed by atoms with Gasteiger partial charge in [-0.3, -0.25) is 9.59 Å². The van der Waals surface area contributed by atoms with Crippen molar-refractivity contribution in [1.82, 2.24) is 5.32 Å². The SMILES string of the molecule is CC(NC(=O)c1cccc(NC(=O)C2CC2)c1)c1ccc(OC(F)F)cc1. The Kier molecular flexibility index (Phi) is 5.69. The highest BCUT2D eigenvalue weighted by atomic mass is 19.3. The van der Waals surface area contributed by atoms with Gasteiger partial charge in [0.1, 0.15) is 5.75 Å². The zero-order valence-electron chi connectivity index (χ0n) is 14.7. The Hall–Kier alpha value is -2.96. The van der Waals surface area contributed by atoms with Crippen LogP contribution in [0.25, 0.3) is 0 Å². The minimum absolute atomic E-state index is 0.0213. The third kappa shape index (κ3) is 5.26. The smallest absolute Gasteiger partial charge is 0.387 e. The van der Waals surface area contributed by atoms with Crippen molar-refractivity contribution in [3.8, 4) is 5.75 Å². The van der Waals surface area contributed by atoms with Crippen LogP contribution in [0.1, 0.15) is 41.7 Å². The van der Waals surface area contributed by atoms with E-state index in [1.807, 2.05) is 0 Å². The highest BCUT2D eigenvalue weighted by Crippen LogP contribution is 2.30. The number of anilines is 1. The van der Waals surface area contributed by atoms with Crippen LogP contribution in [0, 0.1) is 5.92 Å². The Morgan fingerprint density at radius 3 is 2.44 bits per heavy atom. The van der Waals surface area contributed by atoms with E-state index in [9.17, 15) is 18.4 Å². The van der Waals surface area contributed by atoms with Gasteiger partial charge >= 0.3 is 6.61 Å². The number of hydrogen-bond donors (Lipinski definition) is 2. The van der Waals surface area contributed by atoms with Gasteiger partial charge in [0.2, 0.25) is 5.91 Å². The zero-order valence-corrected chi connectivity index (χ0v) is 14.7. The molecule has 2 aromatic rings. The predicted molar refractivity (Wildman–Crippen MR) is 96.8 cm³/mol. The maximum Gasteiger partial charge on any atom is 0.387 e. The number of benzene rings is 2. The molecule has 0 spiro atoms. The van der Waals surface area contributed by atoms with Gasteiger partial charge in [0.25, 0.3) is 5.91 Å². The van der Waals surface area contributed by atoms with Gasteiger partial charge in [-0.1, -0.05) is 18.2 Å². The molecule has 2 amide bonds. The summed E-state index contributed by atoms with van der Waals surface area (Å²) in [4.78, 5) is 24.3. The average molecular weight is 374 g/mol. The first-order valence-corrected chi connectivity index (χ1v) is 8.69. The second-order valence-corrected chi connectivity index (χ2v) is 6.49. The largest absolute Gasteiger partial charge is 0.435 e. The van der Waals surface area contributed by atoms with Gasteiger partial charge in [0.15, 0.2) is 0 Å². The summed E-state index contributed by atoms with van der Waals surface area (Å²) in [5, 5.41) is 5.66. The molecule has 0 aromatic heterocycles. The quantitative estimate of drug-likeness (QED) is 0.766. The zero-order chi connectivity index (χ0) is 19.4. The first-order chi connectivity index (χ1) is 12.9. The predicted octanol–water partition coefficient (Wildman–Crippen LogP) is 4.13. The van der Waals surface area contributed by atoms with Crippen LogP contribution in [0.3, 0.4) is 0 Å². The molecule has 2 N–H and O–H groups in total. The van der Waals surface area contributed by atoms with Crippen molar-refractivity contribution in [2.45, 2.75) is 32.4 Å². The van der Waals surface area contributed by atoms with Crippen molar-refractivity contribution < 1.29 is 23.1 Å². The topological polar surface area (TPSA) is 67.4 Å². The van der Waals surface area contributed by atoms with Crippen LogP contribution in [0.2, 0.25) is 0 Å². The molecule has 1 saturated carbocycles. The van der Waals surface area contributed by atoms with Gasteiger partial charge in [0, 0.05) is 17.2 Å². The van der Waals surface area contributed by atoms with Crippen LogP contribution in [-0.4, -0.2) is 18.4 Å². The van der Waals surface area contributed by atoms with Crippen LogP contribution in [0.15, 0.2) is 48.5 Å². The summed E-state index contributed by atoms with van der Waals surface area (Å²) in [7, 11) is 0. The molecule has 0 heterocycles. The molecule has 0 bridgehead atoms. The molecule has 3 rings (SSSR count). The van der Waals surface area contributed by atoms with E-state index in [4.69, 9.17) is 0 Å². The van der Waals surface area contributed by atoms with E-state index < -0.39 is 6.61 Å². The standard InChI is InChI=1S/C20H20F2N2O3/c1-12(13-7-9-17(10-8-13)27-20(21)22)23-19(26)15-3-2-4-16(11-15)24-18(25)14-5-6-14/h2-4,7-12,14,20H,5-6H2,1H3,(H,23,26)(H,24,25). The highest BCUT2D eigenvalue weighted by molar-refractivity contribution is 5.98. The second-order valence-electron chi connectivity index (χ2n) is 6.49. The monoisotopic (exact) mass is 374 g/mol. The number of carbonyl (C=O) groups is 2. The van der Waals surface area contributed by atoms with Crippen LogP contribution in [0.4, 0.5) is 14.5 Å². The fourth-order valence-corrected chi connectivity index (χ4v) is 2.63. The molecule has 0 aliphatic heterocycles. The van der Waals surface area contributed by atoms with Crippen LogP contribution in [0.5, 0.6) is 5.75 Å². The van der Waals surface area contributed by atoms with Gasteiger partial charge in [-0.15, -0.1) is 0 Å². The maximum atomic E-state index is 12.5. The van der Waals surface area contributed by atoms with Crippen LogP contribution >= 0.6 is 0 Å². The van der Waals surface area contributed by atoms with E-state index in [-0.39, 0.29) is 29.5 Å². The number of ether oxygens (including phenoxy) is 1. The Bertz CT molecular complexity index is 820. The number of hydrogen-bond acceptors (Lipinski definition) is 3. The second kappa shape index (κ2) is 8.16. The van der Waals surface area contributed by atoms with E-state index in [0.717, 1.165) is 18.4 Å². The van der Waals surface area contributed by atoms with E-state index >= 15 is 0 Å². The van der Waals surface area contributed by atoms with Crippen molar-refractivity contribution in [1.29, 1.82) is 0 Å². The van der Waals surface area contributed by atoms with Gasteiger partial charge in [-0.2, -0.15) is 8.78 Å². The lowest BCUT2D eigenvalue weighted by Crippen LogP contribution is -2.26. The number of alkyl halides is 2. The van der Waals surface area contributed by atoms with Crippen molar-refractivity contribution >= 4 is 17.5 Å². The highest BCUT2D eigenvalue weighted by Gasteiger charge is 2.29. The fraction of sp³-hybridized carbons (Fsp3) is 0.300. The Morgan fingerprint density at radius 2 is 1.81 bits per heavy atom. The van der Waals surface area contributed by atoms with Crippen molar-refractivity contribution in [3.63, 3.8) is 0 Å². The summed E-state index contributed by atoms with van der Waals surface area (Å²) in [6.45, 7) is -1.08. The molecule has 142 valence electrons. The molecule has 0 radical (unpaired) electrons. The Labute approximate surface area is 155 Å². The lowest BCUT2D eigenvalue weighted by molar-refractivity contribution is -0.117. The third-order valence-electron chi connectivity index (χ3n) is 4.29. The van der Waals surface area contributed by atoms with E-state index in [0.29, 0.717) is 11.3 Å². The van der Waals surface area contributed by atoms with Gasteiger partial charge < -0.3 is 15.4 Å². The lowest BCUT2D eigenvalue weighted by Gasteiger charge is -2.15. The summed E-state index contributed by atoms with van der Waals surface area (Å²) >= 11 is 0. The van der Waals surface area contributed by atoms with Gasteiger partial charge in [-0.05, 0) is 55.7 Å². The van der Waals surface area contributed by atoms with Crippen molar-refractivity contribution in [3.05, 3.63) is 59.7 Å². The molecule has 7 heteroatoms. The number of amides is 2.